The van der Waals surface area contributed by atoms with Crippen LogP contribution in [0.1, 0.15) is 10.4 Å². The highest BCUT2D eigenvalue weighted by molar-refractivity contribution is 7.86. The van der Waals surface area contributed by atoms with E-state index in [1.165, 1.54) is 11.0 Å². The second-order valence-electron chi connectivity index (χ2n) is 6.83. The fourth-order valence-corrected chi connectivity index (χ4v) is 3.73. The van der Waals surface area contributed by atoms with Gasteiger partial charge in [-0.05, 0) is 42.0 Å². The zero-order valence-corrected chi connectivity index (χ0v) is 17.2. The van der Waals surface area contributed by atoms with Gasteiger partial charge in [-0.2, -0.15) is 8.42 Å². The third kappa shape index (κ3) is 4.47. The van der Waals surface area contributed by atoms with Gasteiger partial charge in [0.25, 0.3) is 16.0 Å². The van der Waals surface area contributed by atoms with E-state index in [1.54, 1.807) is 86.7 Å². The zero-order chi connectivity index (χ0) is 21.2. The standard InChI is InChI=1S/C22H22N2O4S/c1-23(2)19-13-14-20(21(15-19)29(26,27)28)16-9-11-18(12-10-16)24(3)22(25)17-7-5-4-6-8-17/h4-15H,1-3H3,(H,26,27,28). The van der Waals surface area contributed by atoms with Crippen molar-refractivity contribution in [2.75, 3.05) is 30.9 Å². The Kier molecular flexibility index (Phi) is 5.72. The number of hydrogen-bond donors (Lipinski definition) is 1. The van der Waals surface area contributed by atoms with Gasteiger partial charge in [0.05, 0.1) is 0 Å². The van der Waals surface area contributed by atoms with E-state index in [2.05, 4.69) is 0 Å². The molecule has 3 aromatic rings. The van der Waals surface area contributed by atoms with E-state index in [4.69, 9.17) is 0 Å². The summed E-state index contributed by atoms with van der Waals surface area (Å²) < 4.78 is 33.5. The molecule has 0 aliphatic carbocycles. The van der Waals surface area contributed by atoms with Gasteiger partial charge >= 0.3 is 0 Å². The molecule has 3 rings (SSSR count). The lowest BCUT2D eigenvalue weighted by Crippen LogP contribution is -2.26. The third-order valence-corrected chi connectivity index (χ3v) is 5.54. The van der Waals surface area contributed by atoms with Crippen LogP contribution < -0.4 is 9.80 Å². The van der Waals surface area contributed by atoms with Gasteiger partial charge < -0.3 is 9.80 Å². The molecule has 1 amide bonds. The Balaban J connectivity index is 1.96. The van der Waals surface area contributed by atoms with Gasteiger partial charge in [-0.15, -0.1) is 0 Å². The lowest BCUT2D eigenvalue weighted by molar-refractivity contribution is 0.0993. The lowest BCUT2D eigenvalue weighted by atomic mass is 10.0. The number of amides is 1. The van der Waals surface area contributed by atoms with Crippen molar-refractivity contribution >= 4 is 27.4 Å². The van der Waals surface area contributed by atoms with Crippen molar-refractivity contribution in [3.63, 3.8) is 0 Å². The molecule has 0 aliphatic heterocycles. The second kappa shape index (κ2) is 8.06. The molecule has 7 heteroatoms. The molecule has 150 valence electrons. The van der Waals surface area contributed by atoms with Gasteiger partial charge in [-0.25, -0.2) is 0 Å². The minimum Gasteiger partial charge on any atom is -0.378 e. The van der Waals surface area contributed by atoms with Crippen LogP contribution in [0.3, 0.4) is 0 Å². The Labute approximate surface area is 170 Å². The van der Waals surface area contributed by atoms with Crippen molar-refractivity contribution in [2.24, 2.45) is 0 Å². The minimum atomic E-state index is -4.40. The molecule has 0 unspecified atom stereocenters. The van der Waals surface area contributed by atoms with Crippen molar-refractivity contribution in [3.8, 4) is 11.1 Å². The smallest absolute Gasteiger partial charge is 0.295 e. The number of anilines is 2. The average Bonchev–Trinajstić information content (AvgIpc) is 2.72. The molecule has 0 bridgehead atoms. The lowest BCUT2D eigenvalue weighted by Gasteiger charge is -2.19. The highest BCUT2D eigenvalue weighted by Gasteiger charge is 2.19. The molecule has 0 heterocycles. The molecule has 3 aromatic carbocycles. The highest BCUT2D eigenvalue weighted by Crippen LogP contribution is 2.32. The first-order valence-corrected chi connectivity index (χ1v) is 10.3. The van der Waals surface area contributed by atoms with Crippen molar-refractivity contribution in [1.29, 1.82) is 0 Å². The minimum absolute atomic E-state index is 0.146. The molecule has 6 nitrogen and oxygen atoms in total. The molecule has 0 fully saturated rings. The van der Waals surface area contributed by atoms with Gasteiger partial charge in [0.15, 0.2) is 0 Å². The molecule has 1 N–H and O–H groups in total. The Hall–Kier alpha value is -3.16. The molecule has 0 saturated heterocycles. The van der Waals surface area contributed by atoms with Crippen LogP contribution in [0.4, 0.5) is 11.4 Å². The first kappa shape index (κ1) is 20.6. The summed E-state index contributed by atoms with van der Waals surface area (Å²) in [6.07, 6.45) is 0. The fourth-order valence-electron chi connectivity index (χ4n) is 3.00. The van der Waals surface area contributed by atoms with Crippen LogP contribution in [0.25, 0.3) is 11.1 Å². The predicted octanol–water partition coefficient (Wildman–Crippen LogP) is 3.94. The summed E-state index contributed by atoms with van der Waals surface area (Å²) in [7, 11) is 0.853. The monoisotopic (exact) mass is 410 g/mol. The van der Waals surface area contributed by atoms with Crippen LogP contribution >= 0.6 is 0 Å². The first-order chi connectivity index (χ1) is 13.7. The van der Waals surface area contributed by atoms with E-state index in [1.807, 2.05) is 6.07 Å². The van der Waals surface area contributed by atoms with Crippen LogP contribution in [0, 0.1) is 0 Å². The topological polar surface area (TPSA) is 77.9 Å². The van der Waals surface area contributed by atoms with Crippen LogP contribution in [0.15, 0.2) is 77.7 Å². The van der Waals surface area contributed by atoms with Crippen molar-refractivity contribution in [1.82, 2.24) is 0 Å². The molecule has 0 aromatic heterocycles. The molecule has 0 spiro atoms. The third-order valence-electron chi connectivity index (χ3n) is 4.65. The first-order valence-electron chi connectivity index (χ1n) is 8.91. The van der Waals surface area contributed by atoms with Crippen LogP contribution in [-0.2, 0) is 10.1 Å². The van der Waals surface area contributed by atoms with Gasteiger partial charge in [0, 0.05) is 43.6 Å². The summed E-state index contributed by atoms with van der Waals surface area (Å²) in [5.41, 5.74) is 2.91. The van der Waals surface area contributed by atoms with Crippen molar-refractivity contribution in [2.45, 2.75) is 4.90 Å². The highest BCUT2D eigenvalue weighted by atomic mass is 32.2. The Morgan fingerprint density at radius 3 is 1.97 bits per heavy atom. The van der Waals surface area contributed by atoms with E-state index in [9.17, 15) is 17.8 Å². The van der Waals surface area contributed by atoms with Crippen LogP contribution in [-0.4, -0.2) is 40.0 Å². The average molecular weight is 410 g/mol. The molecular formula is C22H22N2O4S. The Morgan fingerprint density at radius 1 is 0.828 bits per heavy atom. The van der Waals surface area contributed by atoms with Crippen molar-refractivity contribution < 1.29 is 17.8 Å². The quantitative estimate of drug-likeness (QED) is 0.645. The number of carbonyl (C=O) groups is 1. The van der Waals surface area contributed by atoms with Crippen LogP contribution in [0.5, 0.6) is 0 Å². The second-order valence-corrected chi connectivity index (χ2v) is 8.22. The Bertz CT molecular complexity index is 1130. The maximum absolute atomic E-state index is 12.6. The summed E-state index contributed by atoms with van der Waals surface area (Å²) in [5, 5.41) is 0. The van der Waals surface area contributed by atoms with Gasteiger partial charge in [-0.1, -0.05) is 36.4 Å². The molecule has 29 heavy (non-hydrogen) atoms. The van der Waals surface area contributed by atoms with E-state index in [-0.39, 0.29) is 10.8 Å². The predicted molar refractivity (Wildman–Crippen MR) is 115 cm³/mol. The number of rotatable bonds is 5. The van der Waals surface area contributed by atoms with E-state index in [0.29, 0.717) is 28.1 Å². The molecule has 0 atom stereocenters. The largest absolute Gasteiger partial charge is 0.378 e. The SMILES string of the molecule is CN(C)c1ccc(-c2ccc(N(C)C(=O)c3ccccc3)cc2)c(S(=O)(=O)O)c1. The number of carbonyl (C=O) groups excluding carboxylic acids is 1. The van der Waals surface area contributed by atoms with Gasteiger partial charge in [0.1, 0.15) is 4.90 Å². The fraction of sp³-hybridized carbons (Fsp3) is 0.136. The van der Waals surface area contributed by atoms with E-state index >= 15 is 0 Å². The summed E-state index contributed by atoms with van der Waals surface area (Å²) in [5.74, 6) is -0.146. The molecular weight excluding hydrogens is 388 g/mol. The summed E-state index contributed by atoms with van der Waals surface area (Å²) in [6, 6.07) is 20.8. The van der Waals surface area contributed by atoms with Crippen molar-refractivity contribution in [3.05, 3.63) is 78.4 Å². The number of hydrogen-bond acceptors (Lipinski definition) is 4. The van der Waals surface area contributed by atoms with E-state index in [0.717, 1.165) is 0 Å². The number of benzene rings is 3. The number of nitrogens with zero attached hydrogens (tertiary/aromatic N) is 2. The summed E-state index contributed by atoms with van der Waals surface area (Å²) in [4.78, 5) is 15.7. The van der Waals surface area contributed by atoms with Gasteiger partial charge in [-0.3, -0.25) is 9.35 Å². The maximum Gasteiger partial charge on any atom is 0.295 e. The Morgan fingerprint density at radius 2 is 1.41 bits per heavy atom. The van der Waals surface area contributed by atoms with Gasteiger partial charge in [0.2, 0.25) is 0 Å². The van der Waals surface area contributed by atoms with Crippen LogP contribution in [0.2, 0.25) is 0 Å². The molecule has 0 saturated carbocycles. The summed E-state index contributed by atoms with van der Waals surface area (Å²) in [6.45, 7) is 0. The van der Waals surface area contributed by atoms with E-state index < -0.39 is 10.1 Å². The zero-order valence-electron chi connectivity index (χ0n) is 16.4. The normalized spacial score (nSPS) is 11.2. The molecule has 0 radical (unpaired) electrons. The summed E-state index contributed by atoms with van der Waals surface area (Å²) >= 11 is 0. The maximum atomic E-state index is 12.6. The molecule has 0 aliphatic rings.